The largest absolute Gasteiger partial charge is 0.385 e. The van der Waals surface area contributed by atoms with E-state index in [9.17, 15) is 8.42 Å². The molecule has 1 aliphatic carbocycles. The zero-order valence-electron chi connectivity index (χ0n) is 9.37. The Morgan fingerprint density at radius 2 is 1.93 bits per heavy atom. The normalized spacial score (nSPS) is 19.3. The van der Waals surface area contributed by atoms with Crippen molar-refractivity contribution in [3.63, 3.8) is 0 Å². The third-order valence-corrected chi connectivity index (χ3v) is 4.23. The van der Waals surface area contributed by atoms with Crippen LogP contribution in [0.25, 0.3) is 0 Å². The number of rotatable bonds is 6. The van der Waals surface area contributed by atoms with E-state index in [1.54, 1.807) is 7.11 Å². The molecule has 0 aromatic heterocycles. The molecule has 1 N–H and O–H groups in total. The molecule has 0 aliphatic heterocycles. The van der Waals surface area contributed by atoms with Gasteiger partial charge in [-0.25, -0.2) is 13.1 Å². The van der Waals surface area contributed by atoms with Crippen molar-refractivity contribution < 1.29 is 13.2 Å². The van der Waals surface area contributed by atoms with Gasteiger partial charge in [0.05, 0.1) is 5.75 Å². The summed E-state index contributed by atoms with van der Waals surface area (Å²) in [7, 11) is -1.50. The zero-order valence-corrected chi connectivity index (χ0v) is 10.2. The number of ether oxygens (including phenoxy) is 1. The SMILES string of the molecule is COCCCS(=O)(=O)NC1CCCCC1. The quantitative estimate of drug-likeness (QED) is 0.705. The van der Waals surface area contributed by atoms with E-state index in [0.29, 0.717) is 13.0 Å². The molecule has 1 fully saturated rings. The molecule has 0 saturated heterocycles. The number of methoxy groups -OCH3 is 1. The minimum atomic E-state index is -3.08. The van der Waals surface area contributed by atoms with Gasteiger partial charge >= 0.3 is 0 Å². The summed E-state index contributed by atoms with van der Waals surface area (Å²) in [6, 6.07) is 0.172. The lowest BCUT2D eigenvalue weighted by Gasteiger charge is -2.22. The van der Waals surface area contributed by atoms with Gasteiger partial charge < -0.3 is 4.74 Å². The van der Waals surface area contributed by atoms with Crippen LogP contribution in [0.1, 0.15) is 38.5 Å². The second-order valence-corrected chi connectivity index (χ2v) is 5.99. The molecular formula is C10H21NO3S. The summed E-state index contributed by atoms with van der Waals surface area (Å²) in [4.78, 5) is 0. The van der Waals surface area contributed by atoms with Crippen LogP contribution < -0.4 is 4.72 Å². The highest BCUT2D eigenvalue weighted by molar-refractivity contribution is 7.89. The number of hydrogen-bond donors (Lipinski definition) is 1. The van der Waals surface area contributed by atoms with E-state index in [0.717, 1.165) is 25.7 Å². The first-order valence-corrected chi connectivity index (χ1v) is 7.28. The predicted molar refractivity (Wildman–Crippen MR) is 60.3 cm³/mol. The van der Waals surface area contributed by atoms with E-state index in [4.69, 9.17) is 4.74 Å². The zero-order chi connectivity index (χ0) is 11.1. The Balaban J connectivity index is 2.27. The van der Waals surface area contributed by atoms with Gasteiger partial charge in [0.2, 0.25) is 10.0 Å². The van der Waals surface area contributed by atoms with E-state index in [1.165, 1.54) is 6.42 Å². The molecule has 5 heteroatoms. The lowest BCUT2D eigenvalue weighted by molar-refractivity contribution is 0.199. The lowest BCUT2D eigenvalue weighted by Crippen LogP contribution is -2.37. The second kappa shape index (κ2) is 6.45. The lowest BCUT2D eigenvalue weighted by atomic mass is 9.96. The molecule has 0 spiro atoms. The first-order valence-electron chi connectivity index (χ1n) is 5.63. The molecule has 4 nitrogen and oxygen atoms in total. The first-order chi connectivity index (χ1) is 7.14. The van der Waals surface area contributed by atoms with Crippen molar-refractivity contribution in [2.75, 3.05) is 19.5 Å². The van der Waals surface area contributed by atoms with E-state index in [1.807, 2.05) is 0 Å². The van der Waals surface area contributed by atoms with Gasteiger partial charge in [0.15, 0.2) is 0 Å². The van der Waals surface area contributed by atoms with Crippen molar-refractivity contribution in [1.82, 2.24) is 4.72 Å². The smallest absolute Gasteiger partial charge is 0.211 e. The summed E-state index contributed by atoms with van der Waals surface area (Å²) in [5, 5.41) is 0. The van der Waals surface area contributed by atoms with Gasteiger partial charge in [0, 0.05) is 19.8 Å². The third kappa shape index (κ3) is 5.49. The van der Waals surface area contributed by atoms with Crippen molar-refractivity contribution in [2.45, 2.75) is 44.6 Å². The maximum Gasteiger partial charge on any atom is 0.211 e. The van der Waals surface area contributed by atoms with Crippen LogP contribution in [-0.4, -0.2) is 33.9 Å². The number of sulfonamides is 1. The van der Waals surface area contributed by atoms with Crippen LogP contribution in [0.2, 0.25) is 0 Å². The topological polar surface area (TPSA) is 55.4 Å². The van der Waals surface area contributed by atoms with Gasteiger partial charge in [0.25, 0.3) is 0 Å². The van der Waals surface area contributed by atoms with E-state index in [-0.39, 0.29) is 11.8 Å². The maximum absolute atomic E-state index is 11.6. The fourth-order valence-corrected chi connectivity index (χ4v) is 3.29. The van der Waals surface area contributed by atoms with Gasteiger partial charge in [-0.05, 0) is 19.3 Å². The fraction of sp³-hybridized carbons (Fsp3) is 1.00. The molecule has 0 atom stereocenters. The van der Waals surface area contributed by atoms with Gasteiger partial charge in [0.1, 0.15) is 0 Å². The van der Waals surface area contributed by atoms with Crippen molar-refractivity contribution in [3.05, 3.63) is 0 Å². The first kappa shape index (κ1) is 12.9. The fourth-order valence-electron chi connectivity index (χ4n) is 1.93. The standard InChI is InChI=1S/C10H21NO3S/c1-14-8-5-9-15(12,13)11-10-6-3-2-4-7-10/h10-11H,2-9H2,1H3. The molecule has 0 aromatic carbocycles. The van der Waals surface area contributed by atoms with Crippen LogP contribution in [0.4, 0.5) is 0 Å². The Morgan fingerprint density at radius 3 is 2.53 bits per heavy atom. The van der Waals surface area contributed by atoms with Crippen LogP contribution >= 0.6 is 0 Å². The summed E-state index contributed by atoms with van der Waals surface area (Å²) < 4.78 is 30.8. The van der Waals surface area contributed by atoms with Gasteiger partial charge in [-0.3, -0.25) is 0 Å². The average Bonchev–Trinajstić information content (AvgIpc) is 2.18. The van der Waals surface area contributed by atoms with E-state index in [2.05, 4.69) is 4.72 Å². The molecule has 1 rings (SSSR count). The second-order valence-electron chi connectivity index (χ2n) is 4.12. The van der Waals surface area contributed by atoms with Gasteiger partial charge in [-0.15, -0.1) is 0 Å². The highest BCUT2D eigenvalue weighted by atomic mass is 32.2. The number of hydrogen-bond acceptors (Lipinski definition) is 3. The predicted octanol–water partition coefficient (Wildman–Crippen LogP) is 1.27. The third-order valence-electron chi connectivity index (χ3n) is 2.71. The van der Waals surface area contributed by atoms with Crippen molar-refractivity contribution in [2.24, 2.45) is 0 Å². The summed E-state index contributed by atoms with van der Waals surface area (Å²) in [6.45, 7) is 0.506. The molecule has 0 radical (unpaired) electrons. The van der Waals surface area contributed by atoms with Crippen LogP contribution in [0.5, 0.6) is 0 Å². The molecule has 15 heavy (non-hydrogen) atoms. The minimum absolute atomic E-state index is 0.172. The molecule has 0 heterocycles. The molecule has 0 bridgehead atoms. The summed E-state index contributed by atoms with van der Waals surface area (Å²) in [5.74, 6) is 0.178. The van der Waals surface area contributed by atoms with Gasteiger partial charge in [-0.1, -0.05) is 19.3 Å². The van der Waals surface area contributed by atoms with Crippen LogP contribution in [0.3, 0.4) is 0 Å². The van der Waals surface area contributed by atoms with Gasteiger partial charge in [-0.2, -0.15) is 0 Å². The van der Waals surface area contributed by atoms with E-state index < -0.39 is 10.0 Å². The molecule has 1 aliphatic rings. The summed E-state index contributed by atoms with van der Waals surface area (Å²) in [5.41, 5.74) is 0. The highest BCUT2D eigenvalue weighted by Crippen LogP contribution is 2.18. The van der Waals surface area contributed by atoms with Crippen molar-refractivity contribution in [1.29, 1.82) is 0 Å². The molecule has 90 valence electrons. The summed E-state index contributed by atoms with van der Waals surface area (Å²) >= 11 is 0. The average molecular weight is 235 g/mol. The van der Waals surface area contributed by atoms with Crippen molar-refractivity contribution in [3.8, 4) is 0 Å². The minimum Gasteiger partial charge on any atom is -0.385 e. The maximum atomic E-state index is 11.6. The Bertz CT molecular complexity index is 258. The van der Waals surface area contributed by atoms with E-state index >= 15 is 0 Å². The number of nitrogens with one attached hydrogen (secondary N) is 1. The van der Waals surface area contributed by atoms with Crippen molar-refractivity contribution >= 4 is 10.0 Å². The molecule has 0 aromatic rings. The Labute approximate surface area is 92.4 Å². The molecule has 0 unspecified atom stereocenters. The molecule has 1 saturated carbocycles. The van der Waals surface area contributed by atoms with Crippen LogP contribution in [-0.2, 0) is 14.8 Å². The monoisotopic (exact) mass is 235 g/mol. The Morgan fingerprint density at radius 1 is 1.27 bits per heavy atom. The van der Waals surface area contributed by atoms with Crippen LogP contribution in [0, 0.1) is 0 Å². The Kier molecular flexibility index (Phi) is 5.56. The summed E-state index contributed by atoms with van der Waals surface area (Å²) in [6.07, 6.45) is 6.07. The van der Waals surface area contributed by atoms with Crippen LogP contribution in [0.15, 0.2) is 0 Å². The molecule has 0 amide bonds. The highest BCUT2D eigenvalue weighted by Gasteiger charge is 2.19. The Hall–Kier alpha value is -0.130. The molecular weight excluding hydrogens is 214 g/mol.